The Morgan fingerprint density at radius 2 is 1.32 bits per heavy atom. The fourth-order valence-corrected chi connectivity index (χ4v) is 2.90. The van der Waals surface area contributed by atoms with Gasteiger partial charge in [-0.25, -0.2) is 0 Å². The molecule has 0 bridgehead atoms. The van der Waals surface area contributed by atoms with Gasteiger partial charge in [0.05, 0.1) is 0 Å². The van der Waals surface area contributed by atoms with E-state index in [0.29, 0.717) is 0 Å². The number of carbonyl (C=O) groups is 1. The Morgan fingerprint density at radius 1 is 0.909 bits per heavy atom. The summed E-state index contributed by atoms with van der Waals surface area (Å²) in [6.07, 6.45) is 1.08. The number of rotatable bonds is 6. The van der Waals surface area contributed by atoms with Gasteiger partial charge in [0.15, 0.2) is 0 Å². The van der Waals surface area contributed by atoms with E-state index in [2.05, 4.69) is 6.92 Å². The molecule has 116 valence electrons. The van der Waals surface area contributed by atoms with Crippen molar-refractivity contribution in [2.45, 2.75) is 31.6 Å². The van der Waals surface area contributed by atoms with Crippen molar-refractivity contribution < 1.29 is 15.0 Å². The number of nitrogens with two attached hydrogens (primary N) is 1. The van der Waals surface area contributed by atoms with Crippen molar-refractivity contribution >= 4 is 5.91 Å². The monoisotopic (exact) mass is 299 g/mol. The molecule has 0 spiro atoms. The van der Waals surface area contributed by atoms with Crippen LogP contribution in [-0.2, 0) is 4.79 Å². The number of benzene rings is 2. The van der Waals surface area contributed by atoms with Crippen molar-refractivity contribution in [2.24, 2.45) is 5.73 Å². The molecule has 0 saturated carbocycles. The van der Waals surface area contributed by atoms with Crippen LogP contribution in [0.25, 0.3) is 0 Å². The molecule has 0 aromatic heterocycles. The summed E-state index contributed by atoms with van der Waals surface area (Å²) in [6, 6.07) is 13.9. The summed E-state index contributed by atoms with van der Waals surface area (Å²) in [5, 5.41) is 18.9. The summed E-state index contributed by atoms with van der Waals surface area (Å²) in [5.74, 6) is 0.106. The smallest absolute Gasteiger partial charge is 0.218 e. The third kappa shape index (κ3) is 3.79. The van der Waals surface area contributed by atoms with Crippen LogP contribution in [0, 0.1) is 0 Å². The van der Waals surface area contributed by atoms with E-state index >= 15 is 0 Å². The molecule has 2 aromatic carbocycles. The Bertz CT molecular complexity index is 620. The van der Waals surface area contributed by atoms with Crippen molar-refractivity contribution in [3.05, 3.63) is 59.7 Å². The topological polar surface area (TPSA) is 83.5 Å². The molecular formula is C18H21NO3. The molecule has 0 unspecified atom stereocenters. The Morgan fingerprint density at radius 3 is 1.68 bits per heavy atom. The lowest BCUT2D eigenvalue weighted by Gasteiger charge is -2.26. The third-order valence-corrected chi connectivity index (χ3v) is 3.99. The van der Waals surface area contributed by atoms with E-state index in [1.807, 2.05) is 24.3 Å². The lowest BCUT2D eigenvalue weighted by atomic mass is 9.78. The van der Waals surface area contributed by atoms with Gasteiger partial charge in [0.25, 0.3) is 0 Å². The van der Waals surface area contributed by atoms with Crippen LogP contribution in [0.2, 0.25) is 0 Å². The van der Waals surface area contributed by atoms with Gasteiger partial charge < -0.3 is 15.9 Å². The molecule has 0 aliphatic heterocycles. The quantitative estimate of drug-likeness (QED) is 0.765. The van der Waals surface area contributed by atoms with Crippen molar-refractivity contribution in [3.8, 4) is 11.5 Å². The first kappa shape index (κ1) is 15.9. The van der Waals surface area contributed by atoms with Crippen molar-refractivity contribution in [1.82, 2.24) is 0 Å². The number of amides is 1. The van der Waals surface area contributed by atoms with E-state index in [4.69, 9.17) is 5.73 Å². The molecule has 0 heterocycles. The van der Waals surface area contributed by atoms with Crippen LogP contribution < -0.4 is 5.73 Å². The molecule has 0 radical (unpaired) electrons. The first-order chi connectivity index (χ1) is 10.5. The fraction of sp³-hybridized carbons (Fsp3) is 0.278. The van der Waals surface area contributed by atoms with Crippen LogP contribution in [0.1, 0.15) is 42.7 Å². The summed E-state index contributed by atoms with van der Waals surface area (Å²) in [5.41, 5.74) is 7.45. The standard InChI is InChI=1S/C18H21NO3/c1-2-16(12-3-7-14(20)8-4-12)17(11-18(19)22)13-5-9-15(21)10-6-13/h3-10,16-17,20-21H,2,11H2,1H3,(H2,19,22)/t16-,17+/m1/s1. The zero-order valence-corrected chi connectivity index (χ0v) is 12.6. The third-order valence-electron chi connectivity index (χ3n) is 3.99. The summed E-state index contributed by atoms with van der Waals surface area (Å²) >= 11 is 0. The van der Waals surface area contributed by atoms with Crippen molar-refractivity contribution in [3.63, 3.8) is 0 Å². The summed E-state index contributed by atoms with van der Waals surface area (Å²) < 4.78 is 0. The van der Waals surface area contributed by atoms with E-state index in [0.717, 1.165) is 17.5 Å². The van der Waals surface area contributed by atoms with Crippen molar-refractivity contribution in [1.29, 1.82) is 0 Å². The maximum atomic E-state index is 11.5. The lowest BCUT2D eigenvalue weighted by Crippen LogP contribution is -2.20. The lowest BCUT2D eigenvalue weighted by molar-refractivity contribution is -0.118. The van der Waals surface area contributed by atoms with Crippen LogP contribution in [0.3, 0.4) is 0 Å². The van der Waals surface area contributed by atoms with Gasteiger partial charge in [-0.1, -0.05) is 31.2 Å². The number of carbonyl (C=O) groups excluding carboxylic acids is 1. The van der Waals surface area contributed by atoms with E-state index in [1.165, 1.54) is 0 Å². The second-order valence-corrected chi connectivity index (χ2v) is 5.47. The van der Waals surface area contributed by atoms with Gasteiger partial charge in [-0.3, -0.25) is 4.79 Å². The molecule has 0 aliphatic rings. The number of aromatic hydroxyl groups is 2. The van der Waals surface area contributed by atoms with Crippen LogP contribution in [0.4, 0.5) is 0 Å². The number of hydrogen-bond donors (Lipinski definition) is 3. The Labute approximate surface area is 130 Å². The van der Waals surface area contributed by atoms with Gasteiger partial charge in [-0.2, -0.15) is 0 Å². The minimum Gasteiger partial charge on any atom is -0.508 e. The van der Waals surface area contributed by atoms with Gasteiger partial charge in [0.1, 0.15) is 11.5 Å². The summed E-state index contributed by atoms with van der Waals surface area (Å²) in [6.45, 7) is 2.06. The summed E-state index contributed by atoms with van der Waals surface area (Å²) in [7, 11) is 0. The highest BCUT2D eigenvalue weighted by molar-refractivity contribution is 5.75. The molecule has 4 nitrogen and oxygen atoms in total. The average Bonchev–Trinajstić information content (AvgIpc) is 2.49. The number of hydrogen-bond acceptors (Lipinski definition) is 3. The van der Waals surface area contributed by atoms with Crippen molar-refractivity contribution in [2.75, 3.05) is 0 Å². The molecule has 1 amide bonds. The highest BCUT2D eigenvalue weighted by Crippen LogP contribution is 2.38. The molecule has 2 atom stereocenters. The molecule has 0 aliphatic carbocycles. The molecule has 2 rings (SSSR count). The van der Waals surface area contributed by atoms with E-state index in [9.17, 15) is 15.0 Å². The van der Waals surface area contributed by atoms with Crippen LogP contribution in [-0.4, -0.2) is 16.1 Å². The molecule has 22 heavy (non-hydrogen) atoms. The number of primary amides is 1. The zero-order valence-electron chi connectivity index (χ0n) is 12.6. The highest BCUT2D eigenvalue weighted by Gasteiger charge is 2.25. The summed E-state index contributed by atoms with van der Waals surface area (Å²) in [4.78, 5) is 11.5. The maximum absolute atomic E-state index is 11.5. The van der Waals surface area contributed by atoms with Crippen LogP contribution >= 0.6 is 0 Å². The number of phenolic OH excluding ortho intramolecular Hbond substituents is 2. The SMILES string of the molecule is CC[C@H](c1ccc(O)cc1)[C@@H](CC(N)=O)c1ccc(O)cc1. The largest absolute Gasteiger partial charge is 0.508 e. The Kier molecular flexibility index (Phi) is 5.04. The number of phenols is 2. The first-order valence-corrected chi connectivity index (χ1v) is 7.37. The Hall–Kier alpha value is -2.49. The van der Waals surface area contributed by atoms with Crippen LogP contribution in [0.15, 0.2) is 48.5 Å². The Balaban J connectivity index is 2.39. The van der Waals surface area contributed by atoms with Gasteiger partial charge in [-0.15, -0.1) is 0 Å². The van der Waals surface area contributed by atoms with Gasteiger partial charge in [-0.05, 0) is 53.6 Å². The van der Waals surface area contributed by atoms with E-state index in [-0.39, 0.29) is 35.7 Å². The molecule has 2 aromatic rings. The van der Waals surface area contributed by atoms with Gasteiger partial charge in [0.2, 0.25) is 5.91 Å². The highest BCUT2D eigenvalue weighted by atomic mass is 16.3. The maximum Gasteiger partial charge on any atom is 0.218 e. The minimum absolute atomic E-state index is 0.0624. The molecule has 0 fully saturated rings. The average molecular weight is 299 g/mol. The normalized spacial score (nSPS) is 13.5. The molecular weight excluding hydrogens is 278 g/mol. The predicted octanol–water partition coefficient (Wildman–Crippen LogP) is 3.25. The zero-order chi connectivity index (χ0) is 16.1. The van der Waals surface area contributed by atoms with Crippen LogP contribution in [0.5, 0.6) is 11.5 Å². The van der Waals surface area contributed by atoms with E-state index < -0.39 is 0 Å². The molecule has 4 heteroatoms. The van der Waals surface area contributed by atoms with Gasteiger partial charge >= 0.3 is 0 Å². The molecule has 4 N–H and O–H groups in total. The fourth-order valence-electron chi connectivity index (χ4n) is 2.90. The molecule has 0 saturated heterocycles. The van der Waals surface area contributed by atoms with E-state index in [1.54, 1.807) is 24.3 Å². The second kappa shape index (κ2) is 6.98. The predicted molar refractivity (Wildman–Crippen MR) is 85.8 cm³/mol. The minimum atomic E-state index is -0.352. The van der Waals surface area contributed by atoms with Gasteiger partial charge in [0, 0.05) is 6.42 Å². The first-order valence-electron chi connectivity index (χ1n) is 7.37. The second-order valence-electron chi connectivity index (χ2n) is 5.47.